The number of carbonyl (C=O) groups is 1. The zero-order valence-corrected chi connectivity index (χ0v) is 10.4. The normalized spacial score (nSPS) is 12.2. The predicted molar refractivity (Wildman–Crippen MR) is 32.6 cm³/mol. The Hall–Kier alpha value is 1.18. The monoisotopic (exact) mass is 363 g/mol. The van der Waals surface area contributed by atoms with Crippen molar-refractivity contribution in [1.82, 2.24) is 0.974 Å². The first kappa shape index (κ1) is 10.2. The summed E-state index contributed by atoms with van der Waals surface area (Å²) < 4.78 is 8.01. The van der Waals surface area contributed by atoms with Gasteiger partial charge in [-0.05, 0) is 0 Å². The molecule has 0 spiro atoms. The molecule has 0 unspecified atom stereocenters. The first-order chi connectivity index (χ1) is 4.22. The maximum absolute atomic E-state index is 10.2. The average Bonchev–Trinajstić information content (AvgIpc) is 1.82. The average molecular weight is 363 g/mol. The molecule has 0 heterocycles. The van der Waals surface area contributed by atoms with E-state index < -0.39 is 52.5 Å². The molecule has 0 bridgehead atoms. The number of rotatable bonds is 4. The van der Waals surface area contributed by atoms with Gasteiger partial charge in [0.05, 0.1) is 0 Å². The zero-order chi connectivity index (χ0) is 7.28. The second-order valence-corrected chi connectivity index (χ2v) is 4.51. The third-order valence-electron chi connectivity index (χ3n) is 0.778. The summed E-state index contributed by atoms with van der Waals surface area (Å²) >= 11 is 2.36. The molecule has 51 valence electrons. The number of aliphatic carboxylic acids is 1. The van der Waals surface area contributed by atoms with E-state index in [0.29, 0.717) is 5.75 Å². The van der Waals surface area contributed by atoms with E-state index in [2.05, 4.69) is 13.6 Å². The van der Waals surface area contributed by atoms with Crippen molar-refractivity contribution in [2.45, 2.75) is 6.04 Å². The van der Waals surface area contributed by atoms with E-state index in [-0.39, 0.29) is 0 Å². The van der Waals surface area contributed by atoms with Crippen LogP contribution in [0.4, 0.5) is 0 Å². The van der Waals surface area contributed by atoms with Gasteiger partial charge in [-0.15, -0.1) is 0 Å². The molecule has 6 heteroatoms. The fourth-order valence-electron chi connectivity index (χ4n) is 0.318. The Bertz CT molecular complexity index is 102. The van der Waals surface area contributed by atoms with Gasteiger partial charge in [-0.2, -0.15) is 0 Å². The summed E-state index contributed by atoms with van der Waals surface area (Å²) in [5.41, 5.74) is 0. The molecule has 0 aromatic carbocycles. The van der Waals surface area contributed by atoms with Gasteiger partial charge < -0.3 is 0 Å². The Balaban J connectivity index is 3.54. The van der Waals surface area contributed by atoms with Crippen LogP contribution in [0.5, 0.6) is 0 Å². The third-order valence-corrected chi connectivity index (χ3v) is 3.59. The fraction of sp³-hybridized carbons (Fsp3) is 0.667. The van der Waals surface area contributed by atoms with Crippen molar-refractivity contribution in [3.63, 3.8) is 0 Å². The van der Waals surface area contributed by atoms with Crippen LogP contribution in [0.2, 0.25) is 0 Å². The molecular formula is C3H8AcN2O2S. The predicted octanol–water partition coefficient (Wildman–Crippen LogP) is -1.17. The number of nitrogens with two attached hydrogens (primary N) is 1. The van der Waals surface area contributed by atoms with Gasteiger partial charge in [0.2, 0.25) is 0 Å². The Labute approximate surface area is 82.0 Å². The first-order valence-corrected chi connectivity index (χ1v) is 8.10. The van der Waals surface area contributed by atoms with E-state index in [1.54, 1.807) is 0 Å². The maximum atomic E-state index is 10.2. The summed E-state index contributed by atoms with van der Waals surface area (Å²) in [6, 6.07) is -0.529. The van der Waals surface area contributed by atoms with Crippen LogP contribution in [0, 0.1) is 40.5 Å². The van der Waals surface area contributed by atoms with Crippen LogP contribution < -0.4 is 2.36 Å². The molecule has 0 aliphatic carbocycles. The fourth-order valence-corrected chi connectivity index (χ4v) is 3.42. The molecule has 0 fully saturated rings. The standard InChI is InChI=1S/C3H6NO2S.Ac.H2N/c4-2(1-7)3(5)6;;/h2,4,7H,1H2,(H,5,6);;1H2/q-1;+2;-1/t2-;;/m0../s1. The van der Waals surface area contributed by atoms with E-state index in [1.807, 2.05) is 0 Å². The minimum absolute atomic E-state index is 0.311. The van der Waals surface area contributed by atoms with Gasteiger partial charge in [0.1, 0.15) is 0 Å². The van der Waals surface area contributed by atoms with E-state index in [1.165, 1.54) is 0 Å². The number of carboxylic acid groups (broad SMARTS) is 1. The van der Waals surface area contributed by atoms with Crippen molar-refractivity contribution in [3.8, 4) is 0 Å². The minimum atomic E-state index is -1.46. The van der Waals surface area contributed by atoms with E-state index >= 15 is 0 Å². The summed E-state index contributed by atoms with van der Waals surface area (Å²) in [6.07, 6.45) is 0. The van der Waals surface area contributed by atoms with Gasteiger partial charge in [-0.1, -0.05) is 0 Å². The van der Waals surface area contributed by atoms with Crippen LogP contribution in [0.1, 0.15) is 0 Å². The molecule has 4 N–H and O–H groups in total. The van der Waals surface area contributed by atoms with E-state index in [0.717, 1.165) is 0 Å². The number of thiol groups is 1. The molecule has 0 aliphatic heterocycles. The molecular weight excluding hydrogens is 355 g/mol. The molecule has 0 aromatic rings. The molecule has 4 nitrogen and oxygen atoms in total. The Morgan fingerprint density at radius 3 is 2.67 bits per heavy atom. The summed E-state index contributed by atoms with van der Waals surface area (Å²) in [5.74, 6) is -0.555. The number of hydrogen-bond acceptors (Lipinski definition) is 4. The van der Waals surface area contributed by atoms with Crippen molar-refractivity contribution >= 4 is 18.6 Å². The molecule has 0 saturated heterocycles. The second-order valence-electron chi connectivity index (χ2n) is 1.41. The molecule has 0 radical (unpaired) electrons. The van der Waals surface area contributed by atoms with Crippen molar-refractivity contribution < 1.29 is 50.4 Å². The first-order valence-electron chi connectivity index (χ1n) is 2.35. The van der Waals surface area contributed by atoms with Crippen LogP contribution in [-0.4, -0.2) is 22.9 Å². The third kappa shape index (κ3) is 4.57. The van der Waals surface area contributed by atoms with Crippen LogP contribution in [0.3, 0.4) is 0 Å². The number of carboxylic acids is 1. The second kappa shape index (κ2) is 5.93. The number of hydrogen-bond donors (Lipinski definition) is 4. The quantitative estimate of drug-likeness (QED) is 0.475. The summed E-state index contributed by atoms with van der Waals surface area (Å²) in [5, 5.41) is 8.37. The van der Waals surface area contributed by atoms with Gasteiger partial charge >= 0.3 is 83.2 Å². The Morgan fingerprint density at radius 1 is 2.00 bits per heavy atom. The summed E-state index contributed by atoms with van der Waals surface area (Å²) in [7, 11) is 0. The van der Waals surface area contributed by atoms with Crippen molar-refractivity contribution in [1.29, 1.82) is 0 Å². The van der Waals surface area contributed by atoms with Crippen molar-refractivity contribution in [3.05, 3.63) is 0 Å². The SMILES string of the molecule is [NH2][Ac][NH][C@@H](CS)C(=O)O. The van der Waals surface area contributed by atoms with Gasteiger partial charge in [0.15, 0.2) is 0 Å². The van der Waals surface area contributed by atoms with Gasteiger partial charge in [0.25, 0.3) is 0 Å². The molecule has 0 saturated carbocycles. The summed E-state index contributed by atoms with van der Waals surface area (Å²) in [4.78, 5) is 10.2. The van der Waals surface area contributed by atoms with Crippen molar-refractivity contribution in [2.75, 3.05) is 5.75 Å². The molecule has 0 aliphatic rings. The van der Waals surface area contributed by atoms with Crippen LogP contribution >= 0.6 is 12.6 Å². The van der Waals surface area contributed by atoms with E-state index in [4.69, 9.17) is 6.50 Å². The number of nitrogens with one attached hydrogen (secondary N) is 1. The molecule has 0 aromatic heterocycles. The Kier molecular flexibility index (Phi) is 6.71. The van der Waals surface area contributed by atoms with Gasteiger partial charge in [-0.25, -0.2) is 0 Å². The molecule has 0 rings (SSSR count). The van der Waals surface area contributed by atoms with Gasteiger partial charge in [0, 0.05) is 0 Å². The molecule has 0 amide bonds. The van der Waals surface area contributed by atoms with E-state index in [9.17, 15) is 4.79 Å². The van der Waals surface area contributed by atoms with Crippen LogP contribution in [0.25, 0.3) is 0 Å². The molecule has 1 atom stereocenters. The summed E-state index contributed by atoms with van der Waals surface area (Å²) in [6.45, 7) is 0. The van der Waals surface area contributed by atoms with Gasteiger partial charge in [-0.3, -0.25) is 0 Å². The zero-order valence-electron chi connectivity index (χ0n) is 4.74. The van der Waals surface area contributed by atoms with Crippen LogP contribution in [-0.2, 0) is 4.79 Å². The van der Waals surface area contributed by atoms with Crippen molar-refractivity contribution in [2.24, 2.45) is 1.39 Å². The molecule has 9 heavy (non-hydrogen) atoms. The Morgan fingerprint density at radius 2 is 2.56 bits per heavy atom. The topological polar surface area (TPSA) is 75.3 Å². The van der Waals surface area contributed by atoms with Crippen LogP contribution in [0.15, 0.2) is 0 Å².